The summed E-state index contributed by atoms with van der Waals surface area (Å²) in [5, 5.41) is 3.38. The first kappa shape index (κ1) is 14.2. The van der Waals surface area contributed by atoms with E-state index < -0.39 is 10.0 Å². The van der Waals surface area contributed by atoms with Gasteiger partial charge in [0.15, 0.2) is 0 Å². The lowest BCUT2D eigenvalue weighted by molar-refractivity contribution is 0.579. The molecular formula is C14H18N4O2S. The van der Waals surface area contributed by atoms with Crippen molar-refractivity contribution in [2.24, 2.45) is 0 Å². The zero-order chi connectivity index (χ0) is 14.7. The van der Waals surface area contributed by atoms with Gasteiger partial charge in [-0.05, 0) is 30.5 Å². The van der Waals surface area contributed by atoms with Crippen LogP contribution in [0.25, 0.3) is 0 Å². The van der Waals surface area contributed by atoms with Crippen LogP contribution in [0.3, 0.4) is 0 Å². The van der Waals surface area contributed by atoms with E-state index in [-0.39, 0.29) is 11.4 Å². The maximum Gasteiger partial charge on any atom is 0.240 e. The zero-order valence-electron chi connectivity index (χ0n) is 11.5. The number of rotatable bonds is 7. The van der Waals surface area contributed by atoms with Crippen LogP contribution in [0.4, 0.5) is 0 Å². The van der Waals surface area contributed by atoms with Crippen molar-refractivity contribution in [2.75, 3.05) is 0 Å². The van der Waals surface area contributed by atoms with Crippen LogP contribution in [0, 0.1) is 0 Å². The third-order valence-corrected chi connectivity index (χ3v) is 4.76. The van der Waals surface area contributed by atoms with Gasteiger partial charge in [-0.25, -0.2) is 18.1 Å². The molecule has 1 aromatic heterocycles. The van der Waals surface area contributed by atoms with Crippen molar-refractivity contribution in [3.8, 4) is 0 Å². The van der Waals surface area contributed by atoms with Crippen LogP contribution >= 0.6 is 0 Å². The molecule has 7 heteroatoms. The molecule has 0 saturated heterocycles. The summed E-state index contributed by atoms with van der Waals surface area (Å²) in [6.07, 6.45) is 5.67. The van der Waals surface area contributed by atoms with Gasteiger partial charge in [0.2, 0.25) is 10.0 Å². The lowest BCUT2D eigenvalue weighted by atomic mass is 10.2. The molecule has 3 rings (SSSR count). The molecule has 0 spiro atoms. The standard InChI is InChI=1S/C14H18N4O2S/c19-21(20,18-10-14-15-6-7-16-14)13-3-1-2-11(8-13)9-17-12-4-5-12/h1-3,6-8,12,17-18H,4-5,9-10H2,(H,15,16). The summed E-state index contributed by atoms with van der Waals surface area (Å²) in [5.41, 5.74) is 0.975. The Morgan fingerprint density at radius 3 is 2.86 bits per heavy atom. The molecule has 21 heavy (non-hydrogen) atoms. The van der Waals surface area contributed by atoms with E-state index in [4.69, 9.17) is 0 Å². The van der Waals surface area contributed by atoms with Crippen LogP contribution in [-0.4, -0.2) is 24.4 Å². The Hall–Kier alpha value is -1.70. The minimum absolute atomic E-state index is 0.153. The SMILES string of the molecule is O=S(=O)(NCc1ncc[nH]1)c1cccc(CNC2CC2)c1. The molecule has 0 bridgehead atoms. The Balaban J connectivity index is 1.67. The molecule has 0 atom stereocenters. The number of hydrogen-bond acceptors (Lipinski definition) is 4. The van der Waals surface area contributed by atoms with Gasteiger partial charge in [0.25, 0.3) is 0 Å². The van der Waals surface area contributed by atoms with Gasteiger partial charge >= 0.3 is 0 Å². The van der Waals surface area contributed by atoms with Gasteiger partial charge in [0.05, 0.1) is 11.4 Å². The normalized spacial score (nSPS) is 15.2. The third-order valence-electron chi connectivity index (χ3n) is 3.37. The van der Waals surface area contributed by atoms with Gasteiger partial charge in [-0.15, -0.1) is 0 Å². The van der Waals surface area contributed by atoms with E-state index in [1.165, 1.54) is 12.8 Å². The Labute approximate surface area is 124 Å². The number of hydrogen-bond donors (Lipinski definition) is 3. The lowest BCUT2D eigenvalue weighted by Crippen LogP contribution is -2.24. The van der Waals surface area contributed by atoms with E-state index in [9.17, 15) is 8.42 Å². The van der Waals surface area contributed by atoms with Crippen LogP contribution < -0.4 is 10.0 Å². The first-order valence-corrected chi connectivity index (χ1v) is 8.42. The maximum absolute atomic E-state index is 12.3. The second kappa shape index (κ2) is 5.97. The van der Waals surface area contributed by atoms with Crippen LogP contribution in [0.5, 0.6) is 0 Å². The quantitative estimate of drug-likeness (QED) is 0.716. The average molecular weight is 306 g/mol. The van der Waals surface area contributed by atoms with Crippen molar-refractivity contribution in [1.29, 1.82) is 0 Å². The molecule has 1 heterocycles. The van der Waals surface area contributed by atoms with Gasteiger partial charge in [-0.1, -0.05) is 12.1 Å². The van der Waals surface area contributed by atoms with Gasteiger partial charge in [0.1, 0.15) is 5.82 Å². The Morgan fingerprint density at radius 1 is 1.29 bits per heavy atom. The molecule has 0 amide bonds. The van der Waals surface area contributed by atoms with E-state index in [1.807, 2.05) is 6.07 Å². The van der Waals surface area contributed by atoms with Crippen LogP contribution in [-0.2, 0) is 23.1 Å². The van der Waals surface area contributed by atoms with Crippen molar-refractivity contribution in [3.05, 3.63) is 48.0 Å². The van der Waals surface area contributed by atoms with Gasteiger partial charge < -0.3 is 10.3 Å². The number of nitrogens with one attached hydrogen (secondary N) is 3. The highest BCUT2D eigenvalue weighted by Gasteiger charge is 2.20. The number of aromatic amines is 1. The summed E-state index contributed by atoms with van der Waals surface area (Å²) in [6, 6.07) is 7.61. The summed E-state index contributed by atoms with van der Waals surface area (Å²) in [6.45, 7) is 0.853. The van der Waals surface area contributed by atoms with E-state index >= 15 is 0 Å². The molecule has 1 aliphatic rings. The smallest absolute Gasteiger partial charge is 0.240 e. The Bertz CT molecular complexity index is 694. The van der Waals surface area contributed by atoms with Gasteiger partial charge in [0, 0.05) is 25.0 Å². The molecule has 1 aliphatic carbocycles. The molecule has 1 aromatic carbocycles. The van der Waals surface area contributed by atoms with E-state index in [0.29, 0.717) is 18.4 Å². The number of nitrogens with zero attached hydrogens (tertiary/aromatic N) is 1. The predicted molar refractivity (Wildman–Crippen MR) is 78.9 cm³/mol. The van der Waals surface area contributed by atoms with Crippen molar-refractivity contribution >= 4 is 10.0 Å². The molecule has 0 unspecified atom stereocenters. The zero-order valence-corrected chi connectivity index (χ0v) is 12.4. The van der Waals surface area contributed by atoms with E-state index in [2.05, 4.69) is 20.0 Å². The highest BCUT2D eigenvalue weighted by molar-refractivity contribution is 7.89. The summed E-state index contributed by atoms with van der Waals surface area (Å²) in [4.78, 5) is 7.14. The minimum atomic E-state index is -3.52. The molecular weight excluding hydrogens is 288 g/mol. The van der Waals surface area contributed by atoms with Crippen molar-refractivity contribution in [2.45, 2.75) is 36.9 Å². The maximum atomic E-state index is 12.3. The van der Waals surface area contributed by atoms with E-state index in [1.54, 1.807) is 30.6 Å². The topological polar surface area (TPSA) is 86.9 Å². The summed E-state index contributed by atoms with van der Waals surface area (Å²) < 4.78 is 27.1. The highest BCUT2D eigenvalue weighted by Crippen LogP contribution is 2.20. The largest absolute Gasteiger partial charge is 0.347 e. The van der Waals surface area contributed by atoms with Crippen LogP contribution in [0.1, 0.15) is 24.2 Å². The fourth-order valence-corrected chi connectivity index (χ4v) is 3.07. The third kappa shape index (κ3) is 3.90. The Kier molecular flexibility index (Phi) is 4.05. The number of aromatic nitrogens is 2. The predicted octanol–water partition coefficient (Wildman–Crippen LogP) is 1.14. The van der Waals surface area contributed by atoms with Crippen LogP contribution in [0.2, 0.25) is 0 Å². The number of sulfonamides is 1. The summed E-state index contributed by atoms with van der Waals surface area (Å²) in [5.74, 6) is 0.588. The minimum Gasteiger partial charge on any atom is -0.347 e. The molecule has 6 nitrogen and oxygen atoms in total. The second-order valence-electron chi connectivity index (χ2n) is 5.16. The second-order valence-corrected chi connectivity index (χ2v) is 6.93. The van der Waals surface area contributed by atoms with Crippen LogP contribution in [0.15, 0.2) is 41.6 Å². The number of benzene rings is 1. The molecule has 2 aromatic rings. The van der Waals surface area contributed by atoms with Gasteiger partial charge in [-0.2, -0.15) is 0 Å². The number of imidazole rings is 1. The van der Waals surface area contributed by atoms with E-state index in [0.717, 1.165) is 5.56 Å². The molecule has 3 N–H and O–H groups in total. The summed E-state index contributed by atoms with van der Waals surface area (Å²) >= 11 is 0. The molecule has 0 aliphatic heterocycles. The first-order valence-electron chi connectivity index (χ1n) is 6.94. The molecule has 1 saturated carbocycles. The monoisotopic (exact) mass is 306 g/mol. The van der Waals surface area contributed by atoms with Crippen molar-refractivity contribution in [1.82, 2.24) is 20.0 Å². The fraction of sp³-hybridized carbons (Fsp3) is 0.357. The fourth-order valence-electron chi connectivity index (χ4n) is 2.01. The lowest BCUT2D eigenvalue weighted by Gasteiger charge is -2.08. The first-order chi connectivity index (χ1) is 10.1. The molecule has 112 valence electrons. The van der Waals surface area contributed by atoms with Gasteiger partial charge in [-0.3, -0.25) is 0 Å². The molecule has 0 radical (unpaired) electrons. The Morgan fingerprint density at radius 2 is 2.14 bits per heavy atom. The highest BCUT2D eigenvalue weighted by atomic mass is 32.2. The summed E-state index contributed by atoms with van der Waals surface area (Å²) in [7, 11) is -3.52. The molecule has 1 fully saturated rings. The van der Waals surface area contributed by atoms with Crippen molar-refractivity contribution in [3.63, 3.8) is 0 Å². The van der Waals surface area contributed by atoms with Crippen molar-refractivity contribution < 1.29 is 8.42 Å². The number of H-pyrrole nitrogens is 1. The average Bonchev–Trinajstić information content (AvgIpc) is 3.17.